The van der Waals surface area contributed by atoms with Gasteiger partial charge in [-0.05, 0) is 25.2 Å². The lowest BCUT2D eigenvalue weighted by molar-refractivity contribution is 0.606. The fourth-order valence-electron chi connectivity index (χ4n) is 1.61. The van der Waals surface area contributed by atoms with Crippen molar-refractivity contribution in [1.82, 2.24) is 9.97 Å². The second kappa shape index (κ2) is 4.68. The molecule has 0 bridgehead atoms. The minimum atomic E-state index is -0.0519. The van der Waals surface area contributed by atoms with E-state index in [1.807, 2.05) is 0 Å². The summed E-state index contributed by atoms with van der Waals surface area (Å²) in [4.78, 5) is 18.6. The summed E-state index contributed by atoms with van der Waals surface area (Å²) in [6.07, 6.45) is 3.39. The molecule has 2 N–H and O–H groups in total. The van der Waals surface area contributed by atoms with E-state index in [1.165, 1.54) is 6.07 Å². The second-order valence-electron chi connectivity index (χ2n) is 4.90. The van der Waals surface area contributed by atoms with Gasteiger partial charge in [0.25, 0.3) is 5.56 Å². The van der Waals surface area contributed by atoms with Crippen molar-refractivity contribution in [3.63, 3.8) is 0 Å². The number of aromatic nitrogens is 2. The fraction of sp³-hybridized carbons (Fsp3) is 0.667. The predicted molar refractivity (Wildman–Crippen MR) is 64.8 cm³/mol. The molecule has 0 unspecified atom stereocenters. The van der Waals surface area contributed by atoms with Gasteiger partial charge in [-0.2, -0.15) is 0 Å². The van der Waals surface area contributed by atoms with Crippen molar-refractivity contribution in [2.45, 2.75) is 39.0 Å². The molecule has 1 aliphatic rings. The Morgan fingerprint density at radius 2 is 2.31 bits per heavy atom. The maximum Gasteiger partial charge on any atom is 0.252 e. The summed E-state index contributed by atoms with van der Waals surface area (Å²) in [5, 5.41) is 3.21. The van der Waals surface area contributed by atoms with Crippen LogP contribution in [-0.2, 0) is 0 Å². The molecule has 4 nitrogen and oxygen atoms in total. The smallest absolute Gasteiger partial charge is 0.252 e. The Morgan fingerprint density at radius 1 is 1.56 bits per heavy atom. The molecule has 1 aromatic rings. The Balaban J connectivity index is 2.00. The zero-order valence-electron chi connectivity index (χ0n) is 9.92. The molecule has 1 saturated carbocycles. The quantitative estimate of drug-likeness (QED) is 0.800. The largest absolute Gasteiger partial charge is 0.370 e. The van der Waals surface area contributed by atoms with Crippen molar-refractivity contribution in [3.8, 4) is 0 Å². The highest BCUT2D eigenvalue weighted by Gasteiger charge is 2.26. The summed E-state index contributed by atoms with van der Waals surface area (Å²) in [5.74, 6) is 2.71. The molecule has 1 fully saturated rings. The predicted octanol–water partition coefficient (Wildman–Crippen LogP) is 2.11. The van der Waals surface area contributed by atoms with Gasteiger partial charge in [-0.15, -0.1) is 0 Å². The first-order valence-corrected chi connectivity index (χ1v) is 6.00. The SMILES string of the molecule is CC(C)CCNc1cc(=O)[nH]c(C2CC2)n1. The molecular formula is C12H19N3O. The van der Waals surface area contributed by atoms with Gasteiger partial charge in [0, 0.05) is 18.5 Å². The Kier molecular flexibility index (Phi) is 3.27. The van der Waals surface area contributed by atoms with Crippen molar-refractivity contribution < 1.29 is 0 Å². The highest BCUT2D eigenvalue weighted by atomic mass is 16.1. The lowest BCUT2D eigenvalue weighted by Crippen LogP contribution is -2.14. The van der Waals surface area contributed by atoms with Gasteiger partial charge in [0.05, 0.1) is 0 Å². The van der Waals surface area contributed by atoms with E-state index in [2.05, 4.69) is 29.1 Å². The van der Waals surface area contributed by atoms with Crippen molar-refractivity contribution in [3.05, 3.63) is 22.2 Å². The van der Waals surface area contributed by atoms with Crippen LogP contribution in [0.15, 0.2) is 10.9 Å². The number of aromatic amines is 1. The maximum absolute atomic E-state index is 11.4. The van der Waals surface area contributed by atoms with Crippen LogP contribution in [0.5, 0.6) is 0 Å². The van der Waals surface area contributed by atoms with Gasteiger partial charge >= 0.3 is 0 Å². The molecule has 0 aliphatic heterocycles. The molecule has 0 amide bonds. The number of anilines is 1. The van der Waals surface area contributed by atoms with E-state index in [1.54, 1.807) is 0 Å². The minimum Gasteiger partial charge on any atom is -0.370 e. The lowest BCUT2D eigenvalue weighted by Gasteiger charge is -2.08. The minimum absolute atomic E-state index is 0.0519. The molecule has 4 heteroatoms. The molecule has 88 valence electrons. The van der Waals surface area contributed by atoms with Crippen LogP contribution in [0.3, 0.4) is 0 Å². The maximum atomic E-state index is 11.4. The third-order valence-electron chi connectivity index (χ3n) is 2.75. The van der Waals surface area contributed by atoms with Crippen LogP contribution >= 0.6 is 0 Å². The summed E-state index contributed by atoms with van der Waals surface area (Å²) in [7, 11) is 0. The molecule has 0 aromatic carbocycles. The zero-order valence-corrected chi connectivity index (χ0v) is 9.92. The van der Waals surface area contributed by atoms with E-state index < -0.39 is 0 Å². The number of nitrogens with zero attached hydrogens (tertiary/aromatic N) is 1. The van der Waals surface area contributed by atoms with Crippen molar-refractivity contribution in [2.24, 2.45) is 5.92 Å². The summed E-state index contributed by atoms with van der Waals surface area (Å²) in [6, 6.07) is 1.53. The van der Waals surface area contributed by atoms with Crippen LogP contribution in [0.4, 0.5) is 5.82 Å². The number of hydrogen-bond acceptors (Lipinski definition) is 3. The summed E-state index contributed by atoms with van der Waals surface area (Å²) < 4.78 is 0. The monoisotopic (exact) mass is 221 g/mol. The normalized spacial score (nSPS) is 15.4. The van der Waals surface area contributed by atoms with Gasteiger partial charge in [-0.3, -0.25) is 4.79 Å². The van der Waals surface area contributed by atoms with E-state index in [4.69, 9.17) is 0 Å². The van der Waals surface area contributed by atoms with Crippen LogP contribution in [0.1, 0.15) is 44.9 Å². The van der Waals surface area contributed by atoms with Crippen molar-refractivity contribution in [2.75, 3.05) is 11.9 Å². The Labute approximate surface area is 95.5 Å². The second-order valence-corrected chi connectivity index (χ2v) is 4.90. The van der Waals surface area contributed by atoms with Crippen LogP contribution < -0.4 is 10.9 Å². The molecular weight excluding hydrogens is 202 g/mol. The highest BCUT2D eigenvalue weighted by molar-refractivity contribution is 5.33. The molecule has 0 spiro atoms. The van der Waals surface area contributed by atoms with Crippen molar-refractivity contribution >= 4 is 5.82 Å². The van der Waals surface area contributed by atoms with Crippen LogP contribution in [0, 0.1) is 5.92 Å². The van der Waals surface area contributed by atoms with Gasteiger partial charge in [0.1, 0.15) is 11.6 Å². The standard InChI is InChI=1S/C12H19N3O/c1-8(2)5-6-13-10-7-11(16)15-12(14-10)9-3-4-9/h7-9H,3-6H2,1-2H3,(H2,13,14,15,16). The molecule has 1 aliphatic carbocycles. The van der Waals surface area contributed by atoms with Gasteiger partial charge in [-0.1, -0.05) is 13.8 Å². The summed E-state index contributed by atoms with van der Waals surface area (Å²) in [5.41, 5.74) is -0.0519. The molecule has 0 saturated heterocycles. The number of nitrogens with one attached hydrogen (secondary N) is 2. The van der Waals surface area contributed by atoms with E-state index in [9.17, 15) is 4.79 Å². The van der Waals surface area contributed by atoms with E-state index >= 15 is 0 Å². The first-order valence-electron chi connectivity index (χ1n) is 6.00. The molecule has 16 heavy (non-hydrogen) atoms. The van der Waals surface area contributed by atoms with Gasteiger partial charge in [-0.25, -0.2) is 4.98 Å². The third kappa shape index (κ3) is 3.08. The topological polar surface area (TPSA) is 57.8 Å². The summed E-state index contributed by atoms with van der Waals surface area (Å²) in [6.45, 7) is 5.24. The molecule has 1 aromatic heterocycles. The van der Waals surface area contributed by atoms with Gasteiger partial charge in [0.15, 0.2) is 0 Å². The average Bonchev–Trinajstić information content (AvgIpc) is 2.99. The molecule has 1 heterocycles. The van der Waals surface area contributed by atoms with E-state index in [-0.39, 0.29) is 5.56 Å². The zero-order chi connectivity index (χ0) is 11.5. The van der Waals surface area contributed by atoms with Gasteiger partial charge in [0.2, 0.25) is 0 Å². The molecule has 0 radical (unpaired) electrons. The summed E-state index contributed by atoms with van der Waals surface area (Å²) >= 11 is 0. The third-order valence-corrected chi connectivity index (χ3v) is 2.75. The number of hydrogen-bond donors (Lipinski definition) is 2. The fourth-order valence-corrected chi connectivity index (χ4v) is 1.61. The first kappa shape index (κ1) is 11.2. The number of H-pyrrole nitrogens is 1. The molecule has 2 rings (SSSR count). The average molecular weight is 221 g/mol. The van der Waals surface area contributed by atoms with E-state index in [0.717, 1.165) is 31.6 Å². The lowest BCUT2D eigenvalue weighted by atomic mass is 10.1. The molecule has 0 atom stereocenters. The number of rotatable bonds is 5. The van der Waals surface area contributed by atoms with Crippen LogP contribution in [0.2, 0.25) is 0 Å². The van der Waals surface area contributed by atoms with Crippen LogP contribution in [0.25, 0.3) is 0 Å². The Morgan fingerprint density at radius 3 is 2.94 bits per heavy atom. The Hall–Kier alpha value is -1.32. The van der Waals surface area contributed by atoms with E-state index in [0.29, 0.717) is 17.7 Å². The van der Waals surface area contributed by atoms with Gasteiger partial charge < -0.3 is 10.3 Å². The first-order chi connectivity index (χ1) is 7.65. The van der Waals surface area contributed by atoms with Crippen molar-refractivity contribution in [1.29, 1.82) is 0 Å². The Bertz CT molecular complexity index is 407. The van der Waals surface area contributed by atoms with Crippen LogP contribution in [-0.4, -0.2) is 16.5 Å². The highest BCUT2D eigenvalue weighted by Crippen LogP contribution is 2.37.